The van der Waals surface area contributed by atoms with Crippen molar-refractivity contribution in [1.29, 1.82) is 0 Å². The molecular weight excluding hydrogens is 762 g/mol. The summed E-state index contributed by atoms with van der Waals surface area (Å²) in [5.41, 5.74) is 2.05. The fourth-order valence-corrected chi connectivity index (χ4v) is 7.73. The monoisotopic (exact) mass is 809 g/mol. The number of nitrogens with zero attached hydrogens (tertiary/aromatic N) is 5. The van der Waals surface area contributed by atoms with Gasteiger partial charge in [-0.2, -0.15) is 0 Å². The zero-order chi connectivity index (χ0) is 41.4. The van der Waals surface area contributed by atoms with Gasteiger partial charge < -0.3 is 24.2 Å². The minimum absolute atomic E-state index is 0.00819. The van der Waals surface area contributed by atoms with Gasteiger partial charge in [-0.1, -0.05) is 66.2 Å². The van der Waals surface area contributed by atoms with Crippen molar-refractivity contribution in [2.75, 3.05) is 13.1 Å². The van der Waals surface area contributed by atoms with Gasteiger partial charge >= 0.3 is 17.9 Å². The van der Waals surface area contributed by atoms with E-state index in [0.717, 1.165) is 30.4 Å². The number of nitro benzene ring substituents is 1. The first-order valence-electron chi connectivity index (χ1n) is 19.4. The number of nitrogens with one attached hydrogen (secondary N) is 2. The highest BCUT2D eigenvalue weighted by atomic mass is 35.5. The van der Waals surface area contributed by atoms with E-state index >= 15 is 0 Å². The summed E-state index contributed by atoms with van der Waals surface area (Å²) in [7, 11) is 0. The molecule has 3 aromatic carbocycles. The molecule has 2 aliphatic rings. The molecule has 5 aromatic rings. The molecule has 2 saturated heterocycles. The Morgan fingerprint density at radius 2 is 1.33 bits per heavy atom. The lowest BCUT2D eigenvalue weighted by atomic mass is 9.97. The number of hydrogen-bond acceptors (Lipinski definition) is 9. The third-order valence-corrected chi connectivity index (χ3v) is 10.2. The van der Waals surface area contributed by atoms with Gasteiger partial charge in [0.2, 0.25) is 5.75 Å². The number of benzene rings is 3. The van der Waals surface area contributed by atoms with Crippen LogP contribution in [0.25, 0.3) is 33.6 Å². The third kappa shape index (κ3) is 8.81. The standard InChI is InChI=1S/C43H48ClN7O7/c1-42(2,3)57-40(52)49-20-10-14-33(49)38-45-23-31(47-38)27-16-18-28(19-17-27)35-30(44)22-29(37(36(35)51(54)55)56-25-26-12-8-7-9-13-26)32-24-46-39(48-32)34-15-11-21-50(34)41(53)58-43(4,5)6/h7-9,12-13,16-19,22-24,33-34H,10-11,14-15,20-21,25H2,1-6H3,(H,45,47)(H,46,48)/t33-,34-/m0/s1. The van der Waals surface area contributed by atoms with Gasteiger partial charge in [-0.25, -0.2) is 19.6 Å². The Balaban J connectivity index is 1.21. The number of halogens is 1. The summed E-state index contributed by atoms with van der Waals surface area (Å²) in [4.78, 5) is 58.1. The van der Waals surface area contributed by atoms with Crippen LogP contribution in [0.1, 0.15) is 96.5 Å². The molecule has 2 amide bonds. The van der Waals surface area contributed by atoms with E-state index in [2.05, 4.69) is 9.97 Å². The lowest BCUT2D eigenvalue weighted by Crippen LogP contribution is -2.36. The highest BCUT2D eigenvalue weighted by molar-refractivity contribution is 6.34. The maximum atomic E-state index is 13.1. The molecule has 58 heavy (non-hydrogen) atoms. The van der Waals surface area contributed by atoms with Crippen molar-refractivity contribution in [3.05, 3.63) is 105 Å². The molecule has 2 aromatic heterocycles. The van der Waals surface area contributed by atoms with E-state index in [0.29, 0.717) is 53.7 Å². The molecule has 2 N–H and O–H groups in total. The van der Waals surface area contributed by atoms with Crippen LogP contribution in [0.15, 0.2) is 73.1 Å². The van der Waals surface area contributed by atoms with Crippen molar-refractivity contribution < 1.29 is 28.7 Å². The van der Waals surface area contributed by atoms with Gasteiger partial charge in [-0.15, -0.1) is 0 Å². The molecule has 0 bridgehead atoms. The molecule has 2 atom stereocenters. The molecule has 0 spiro atoms. The smallest absolute Gasteiger partial charge is 0.410 e. The third-order valence-electron chi connectivity index (χ3n) is 9.95. The maximum Gasteiger partial charge on any atom is 0.410 e. The first kappa shape index (κ1) is 40.3. The number of H-pyrrole nitrogens is 2. The van der Waals surface area contributed by atoms with Crippen LogP contribution in [0, 0.1) is 10.1 Å². The Morgan fingerprint density at radius 3 is 1.86 bits per heavy atom. The molecule has 0 saturated carbocycles. The van der Waals surface area contributed by atoms with Crippen LogP contribution in [0.5, 0.6) is 5.75 Å². The van der Waals surface area contributed by atoms with Crippen molar-refractivity contribution in [3.8, 4) is 39.4 Å². The van der Waals surface area contributed by atoms with Crippen molar-refractivity contribution >= 4 is 29.5 Å². The van der Waals surface area contributed by atoms with Crippen molar-refractivity contribution in [1.82, 2.24) is 29.7 Å². The quantitative estimate of drug-likeness (QED) is 0.109. The van der Waals surface area contributed by atoms with Crippen molar-refractivity contribution in [2.45, 2.75) is 97.1 Å². The van der Waals surface area contributed by atoms with Crippen molar-refractivity contribution in [2.24, 2.45) is 0 Å². The maximum absolute atomic E-state index is 13.1. The minimum Gasteiger partial charge on any atom is -0.481 e. The van der Waals surface area contributed by atoms with E-state index in [1.54, 1.807) is 40.4 Å². The lowest BCUT2D eigenvalue weighted by molar-refractivity contribution is -0.385. The summed E-state index contributed by atoms with van der Waals surface area (Å²) >= 11 is 7.00. The molecular formula is C43H48ClN7O7. The summed E-state index contributed by atoms with van der Waals surface area (Å²) in [6.07, 6.45) is 5.65. The number of amides is 2. The van der Waals surface area contributed by atoms with Gasteiger partial charge in [-0.3, -0.25) is 19.9 Å². The van der Waals surface area contributed by atoms with Gasteiger partial charge in [-0.05, 0) is 84.4 Å². The average Bonchev–Trinajstić information content (AvgIpc) is 4.00. The van der Waals surface area contributed by atoms with Crippen LogP contribution < -0.4 is 4.74 Å². The fourth-order valence-electron chi connectivity index (χ4n) is 7.42. The van der Waals surface area contributed by atoms with Crippen LogP contribution >= 0.6 is 11.6 Å². The molecule has 2 aliphatic heterocycles. The van der Waals surface area contributed by atoms with Crippen molar-refractivity contribution in [3.63, 3.8) is 0 Å². The largest absolute Gasteiger partial charge is 0.481 e. The van der Waals surface area contributed by atoms with Crippen LogP contribution in [0.3, 0.4) is 0 Å². The Morgan fingerprint density at radius 1 is 0.810 bits per heavy atom. The molecule has 0 unspecified atom stereocenters. The summed E-state index contributed by atoms with van der Waals surface area (Å²) < 4.78 is 17.6. The minimum atomic E-state index is -0.661. The second kappa shape index (κ2) is 16.2. The highest BCUT2D eigenvalue weighted by Gasteiger charge is 2.37. The molecule has 14 nitrogen and oxygen atoms in total. The Hall–Kier alpha value is -5.89. The number of hydrogen-bond donors (Lipinski definition) is 2. The van der Waals surface area contributed by atoms with Gasteiger partial charge in [0, 0.05) is 31.0 Å². The Kier molecular flexibility index (Phi) is 11.2. The molecule has 15 heteroatoms. The lowest BCUT2D eigenvalue weighted by Gasteiger charge is -2.27. The molecule has 0 aliphatic carbocycles. The van der Waals surface area contributed by atoms with Gasteiger partial charge in [0.05, 0.1) is 44.5 Å². The highest BCUT2D eigenvalue weighted by Crippen LogP contribution is 2.49. The molecule has 7 rings (SSSR count). The normalized spacial score (nSPS) is 17.1. The van der Waals surface area contributed by atoms with E-state index in [4.69, 9.17) is 35.8 Å². The topological polar surface area (TPSA) is 169 Å². The van der Waals surface area contributed by atoms with Gasteiger partial charge in [0.1, 0.15) is 29.5 Å². The Labute approximate surface area is 342 Å². The number of aromatic amines is 2. The molecule has 0 radical (unpaired) electrons. The summed E-state index contributed by atoms with van der Waals surface area (Å²) in [6.45, 7) is 12.1. The molecule has 4 heterocycles. The number of nitro groups is 1. The summed E-state index contributed by atoms with van der Waals surface area (Å²) in [6, 6.07) is 17.6. The molecule has 304 valence electrons. The van der Waals surface area contributed by atoms with Crippen LogP contribution in [0.4, 0.5) is 15.3 Å². The second-order valence-corrected chi connectivity index (χ2v) is 17.0. The second-order valence-electron chi connectivity index (χ2n) is 16.6. The van der Waals surface area contributed by atoms with E-state index < -0.39 is 22.2 Å². The van der Waals surface area contributed by atoms with Crippen LogP contribution in [-0.2, 0) is 16.1 Å². The first-order chi connectivity index (χ1) is 27.6. The summed E-state index contributed by atoms with van der Waals surface area (Å²) in [5, 5.41) is 13.2. The zero-order valence-electron chi connectivity index (χ0n) is 33.5. The Bertz CT molecular complexity index is 2290. The van der Waals surface area contributed by atoms with Crippen LogP contribution in [-0.4, -0.2) is 71.1 Å². The SMILES string of the molecule is CC(C)(C)OC(=O)N1CCC[C@H]1c1nc(-c2ccc(-c3c(Cl)cc(-c4c[nH]c([C@@H]5CCCN5C(=O)OC(C)(C)C)n4)c(OCc4ccccc4)c3[N+](=O)[O-])cc2)c[nH]1. The number of likely N-dealkylation sites (tertiary alicyclic amines) is 2. The number of aromatic nitrogens is 4. The number of ether oxygens (including phenoxy) is 3. The van der Waals surface area contributed by atoms with E-state index in [9.17, 15) is 19.7 Å². The molecule has 2 fully saturated rings. The predicted octanol–water partition coefficient (Wildman–Crippen LogP) is 10.4. The number of imidazole rings is 2. The van der Waals surface area contributed by atoms with Gasteiger partial charge in [0.15, 0.2) is 0 Å². The summed E-state index contributed by atoms with van der Waals surface area (Å²) in [5.74, 6) is 1.19. The zero-order valence-corrected chi connectivity index (χ0v) is 34.3. The van der Waals surface area contributed by atoms with E-state index in [-0.39, 0.29) is 46.8 Å². The van der Waals surface area contributed by atoms with Crippen LogP contribution in [0.2, 0.25) is 5.02 Å². The van der Waals surface area contributed by atoms with Gasteiger partial charge in [0.25, 0.3) is 0 Å². The first-order valence-corrected chi connectivity index (χ1v) is 19.8. The number of carbonyl (C=O) groups excluding carboxylic acids is 2. The fraction of sp³-hybridized carbons (Fsp3) is 0.395. The predicted molar refractivity (Wildman–Crippen MR) is 219 cm³/mol. The van der Waals surface area contributed by atoms with E-state index in [1.165, 1.54) is 0 Å². The van der Waals surface area contributed by atoms with E-state index in [1.807, 2.05) is 84.0 Å². The number of carbonyl (C=O) groups is 2. The number of rotatable bonds is 9. The average molecular weight is 810 g/mol.